The summed E-state index contributed by atoms with van der Waals surface area (Å²) in [6, 6.07) is 3.89. The first kappa shape index (κ1) is 16.6. The summed E-state index contributed by atoms with van der Waals surface area (Å²) in [5, 5.41) is 3.03. The van der Waals surface area contributed by atoms with E-state index in [-0.39, 0.29) is 26.8 Å². The standard InChI is InChI=1S/C14H17Cl2NO3S/c1-2-14(4-3-5-14)9-17-13(18)10-6-11(15)8-12(7-10)21(16,19)20/h6-8H,2-5,9H2,1H3,(H,17,18). The summed E-state index contributed by atoms with van der Waals surface area (Å²) in [7, 11) is 1.38. The van der Waals surface area contributed by atoms with Crippen LogP contribution in [-0.4, -0.2) is 20.9 Å². The molecular formula is C14H17Cl2NO3S. The number of carbonyl (C=O) groups is 1. The van der Waals surface area contributed by atoms with Crippen molar-refractivity contribution in [2.75, 3.05) is 6.54 Å². The van der Waals surface area contributed by atoms with Crippen LogP contribution >= 0.6 is 22.3 Å². The Morgan fingerprint density at radius 2 is 2.00 bits per heavy atom. The Labute approximate surface area is 134 Å². The monoisotopic (exact) mass is 349 g/mol. The van der Waals surface area contributed by atoms with E-state index in [9.17, 15) is 13.2 Å². The van der Waals surface area contributed by atoms with Gasteiger partial charge in [0, 0.05) is 27.8 Å². The van der Waals surface area contributed by atoms with Gasteiger partial charge in [0.15, 0.2) is 0 Å². The molecule has 7 heteroatoms. The highest BCUT2D eigenvalue weighted by Gasteiger charge is 2.35. The quantitative estimate of drug-likeness (QED) is 0.826. The Balaban J connectivity index is 2.14. The first-order valence-electron chi connectivity index (χ1n) is 6.79. The predicted octanol–water partition coefficient (Wildman–Crippen LogP) is 3.58. The first-order chi connectivity index (χ1) is 9.76. The van der Waals surface area contributed by atoms with Crippen LogP contribution < -0.4 is 5.32 Å². The Morgan fingerprint density at radius 1 is 1.33 bits per heavy atom. The van der Waals surface area contributed by atoms with Crippen LogP contribution in [0.25, 0.3) is 0 Å². The van der Waals surface area contributed by atoms with Gasteiger partial charge in [0.05, 0.1) is 4.90 Å². The molecule has 0 heterocycles. The van der Waals surface area contributed by atoms with Gasteiger partial charge in [-0.15, -0.1) is 0 Å². The summed E-state index contributed by atoms with van der Waals surface area (Å²) in [6.45, 7) is 2.71. The highest BCUT2D eigenvalue weighted by Crippen LogP contribution is 2.43. The predicted molar refractivity (Wildman–Crippen MR) is 83.4 cm³/mol. The van der Waals surface area contributed by atoms with Crippen molar-refractivity contribution in [2.45, 2.75) is 37.5 Å². The molecule has 116 valence electrons. The Bertz CT molecular complexity index is 649. The van der Waals surface area contributed by atoms with Crippen molar-refractivity contribution in [2.24, 2.45) is 5.41 Å². The Morgan fingerprint density at radius 3 is 2.48 bits per heavy atom. The SMILES string of the molecule is CCC1(CNC(=O)c2cc(Cl)cc(S(=O)(=O)Cl)c2)CCC1. The summed E-state index contributed by atoms with van der Waals surface area (Å²) in [4.78, 5) is 12.0. The van der Waals surface area contributed by atoms with Gasteiger partial charge in [-0.05, 0) is 42.9 Å². The highest BCUT2D eigenvalue weighted by atomic mass is 35.7. The van der Waals surface area contributed by atoms with Crippen molar-refractivity contribution in [1.82, 2.24) is 5.32 Å². The van der Waals surface area contributed by atoms with Gasteiger partial charge in [-0.25, -0.2) is 8.42 Å². The van der Waals surface area contributed by atoms with E-state index in [4.69, 9.17) is 22.3 Å². The molecule has 1 aliphatic rings. The van der Waals surface area contributed by atoms with Gasteiger partial charge in [0.2, 0.25) is 0 Å². The highest BCUT2D eigenvalue weighted by molar-refractivity contribution is 8.13. The molecule has 0 spiro atoms. The van der Waals surface area contributed by atoms with Crippen LogP contribution in [0.2, 0.25) is 5.02 Å². The van der Waals surface area contributed by atoms with Crippen LogP contribution in [0.4, 0.5) is 0 Å². The number of carbonyl (C=O) groups excluding carboxylic acids is 1. The normalized spacial score (nSPS) is 17.1. The molecule has 21 heavy (non-hydrogen) atoms. The average Bonchev–Trinajstić information content (AvgIpc) is 2.36. The van der Waals surface area contributed by atoms with Crippen LogP contribution in [0.3, 0.4) is 0 Å². The number of benzene rings is 1. The topological polar surface area (TPSA) is 63.2 Å². The lowest BCUT2D eigenvalue weighted by Crippen LogP contribution is -2.41. The number of halogens is 2. The largest absolute Gasteiger partial charge is 0.351 e. The van der Waals surface area contributed by atoms with Crippen LogP contribution in [0.1, 0.15) is 43.0 Å². The second-order valence-corrected chi connectivity index (χ2v) is 8.51. The number of nitrogens with one attached hydrogen (secondary N) is 1. The van der Waals surface area contributed by atoms with Crippen molar-refractivity contribution in [3.63, 3.8) is 0 Å². The summed E-state index contributed by atoms with van der Waals surface area (Å²) in [5.41, 5.74) is 0.391. The molecule has 0 aromatic heterocycles. The molecule has 0 aliphatic heterocycles. The fourth-order valence-electron chi connectivity index (χ4n) is 2.54. The molecule has 1 N–H and O–H groups in total. The van der Waals surface area contributed by atoms with Gasteiger partial charge in [0.1, 0.15) is 0 Å². The molecular weight excluding hydrogens is 333 g/mol. The van der Waals surface area contributed by atoms with Crippen molar-refractivity contribution >= 4 is 37.2 Å². The van der Waals surface area contributed by atoms with Crippen LogP contribution in [0.5, 0.6) is 0 Å². The molecule has 1 amide bonds. The van der Waals surface area contributed by atoms with E-state index in [1.807, 2.05) is 0 Å². The molecule has 0 unspecified atom stereocenters. The van der Waals surface area contributed by atoms with Gasteiger partial charge >= 0.3 is 0 Å². The molecule has 2 rings (SSSR count). The molecule has 1 aliphatic carbocycles. The van der Waals surface area contributed by atoms with Crippen molar-refractivity contribution in [3.05, 3.63) is 28.8 Å². The Hall–Kier alpha value is -0.780. The third-order valence-electron chi connectivity index (χ3n) is 4.20. The minimum Gasteiger partial charge on any atom is -0.351 e. The van der Waals surface area contributed by atoms with Gasteiger partial charge in [-0.1, -0.05) is 24.9 Å². The fourth-order valence-corrected chi connectivity index (χ4v) is 3.64. The van der Waals surface area contributed by atoms with Gasteiger partial charge in [-0.3, -0.25) is 4.79 Å². The number of amides is 1. The minimum atomic E-state index is -3.92. The van der Waals surface area contributed by atoms with Gasteiger partial charge < -0.3 is 5.32 Å². The molecule has 0 bridgehead atoms. The molecule has 0 saturated heterocycles. The van der Waals surface area contributed by atoms with Crippen molar-refractivity contribution in [3.8, 4) is 0 Å². The summed E-state index contributed by atoms with van der Waals surface area (Å²) in [6.07, 6.45) is 4.43. The van der Waals surface area contributed by atoms with Gasteiger partial charge in [-0.2, -0.15) is 0 Å². The summed E-state index contributed by atoms with van der Waals surface area (Å²) < 4.78 is 22.7. The van der Waals surface area contributed by atoms with E-state index in [0.717, 1.165) is 19.3 Å². The van der Waals surface area contributed by atoms with E-state index >= 15 is 0 Å². The second kappa shape index (κ2) is 6.15. The summed E-state index contributed by atoms with van der Waals surface area (Å²) in [5.74, 6) is -0.334. The minimum absolute atomic E-state index is 0.163. The second-order valence-electron chi connectivity index (χ2n) is 5.50. The van der Waals surface area contributed by atoms with E-state index in [0.29, 0.717) is 6.54 Å². The maximum absolute atomic E-state index is 12.2. The molecule has 1 saturated carbocycles. The third-order valence-corrected chi connectivity index (χ3v) is 5.75. The zero-order valence-electron chi connectivity index (χ0n) is 11.7. The fraction of sp³-hybridized carbons (Fsp3) is 0.500. The van der Waals surface area contributed by atoms with E-state index in [1.54, 1.807) is 0 Å². The average molecular weight is 350 g/mol. The zero-order valence-corrected chi connectivity index (χ0v) is 14.0. The lowest BCUT2D eigenvalue weighted by molar-refractivity contribution is 0.0850. The van der Waals surface area contributed by atoms with Crippen molar-refractivity contribution in [1.29, 1.82) is 0 Å². The Kier molecular flexibility index (Phi) is 4.85. The van der Waals surface area contributed by atoms with Crippen LogP contribution in [0, 0.1) is 5.41 Å². The van der Waals surface area contributed by atoms with E-state index in [1.165, 1.54) is 24.6 Å². The molecule has 0 atom stereocenters. The van der Waals surface area contributed by atoms with E-state index in [2.05, 4.69) is 12.2 Å². The third kappa shape index (κ3) is 3.90. The molecule has 0 radical (unpaired) electrons. The first-order valence-corrected chi connectivity index (χ1v) is 9.48. The van der Waals surface area contributed by atoms with Gasteiger partial charge in [0.25, 0.3) is 15.0 Å². The molecule has 1 aromatic carbocycles. The number of rotatable bonds is 5. The van der Waals surface area contributed by atoms with Crippen LogP contribution in [0.15, 0.2) is 23.1 Å². The lowest BCUT2D eigenvalue weighted by Gasteiger charge is -2.41. The lowest BCUT2D eigenvalue weighted by atomic mass is 9.67. The smallest absolute Gasteiger partial charge is 0.261 e. The summed E-state index contributed by atoms with van der Waals surface area (Å²) >= 11 is 5.85. The number of hydrogen-bond donors (Lipinski definition) is 1. The molecule has 4 nitrogen and oxygen atoms in total. The number of hydrogen-bond acceptors (Lipinski definition) is 3. The maximum Gasteiger partial charge on any atom is 0.261 e. The van der Waals surface area contributed by atoms with E-state index < -0.39 is 9.05 Å². The molecule has 1 aromatic rings. The van der Waals surface area contributed by atoms with Crippen LogP contribution in [-0.2, 0) is 9.05 Å². The molecule has 1 fully saturated rings. The maximum atomic E-state index is 12.2. The van der Waals surface area contributed by atoms with Crippen molar-refractivity contribution < 1.29 is 13.2 Å². The zero-order chi connectivity index (χ0) is 15.7.